The van der Waals surface area contributed by atoms with Gasteiger partial charge in [-0.25, -0.2) is 0 Å². The standard InChI is InChI=1S/C20H32N2O2/c1-6-22(7-2)20(23)18-9-8-12-21(14-18)13-17-10-11-19(24-5)16(4)15(17)3/h10-11,18H,6-9,12-14H2,1-5H3/p+1/t18-/m0/s1. The highest BCUT2D eigenvalue weighted by Gasteiger charge is 2.31. The molecule has 1 aromatic carbocycles. The van der Waals surface area contributed by atoms with E-state index >= 15 is 0 Å². The van der Waals surface area contributed by atoms with Crippen LogP contribution in [-0.2, 0) is 11.3 Å². The molecule has 134 valence electrons. The summed E-state index contributed by atoms with van der Waals surface area (Å²) >= 11 is 0. The molecule has 0 bridgehead atoms. The molecule has 2 atom stereocenters. The molecule has 0 spiro atoms. The highest BCUT2D eigenvalue weighted by atomic mass is 16.5. The Labute approximate surface area is 146 Å². The van der Waals surface area contributed by atoms with Crippen molar-refractivity contribution in [2.75, 3.05) is 33.3 Å². The molecule has 1 unspecified atom stereocenters. The van der Waals surface area contributed by atoms with E-state index in [-0.39, 0.29) is 5.92 Å². The third-order valence-corrected chi connectivity index (χ3v) is 5.55. The number of nitrogens with zero attached hydrogens (tertiary/aromatic N) is 1. The number of nitrogens with one attached hydrogen (secondary N) is 1. The molecule has 0 aliphatic carbocycles. The number of quaternary nitrogens is 1. The van der Waals surface area contributed by atoms with Gasteiger partial charge in [0.05, 0.1) is 26.1 Å². The minimum absolute atomic E-state index is 0.188. The Hall–Kier alpha value is -1.55. The zero-order chi connectivity index (χ0) is 17.7. The molecule has 1 amide bonds. The normalized spacial score (nSPS) is 20.7. The summed E-state index contributed by atoms with van der Waals surface area (Å²) in [6.45, 7) is 13.2. The number of likely N-dealkylation sites (tertiary alicyclic amines) is 1. The molecule has 4 nitrogen and oxygen atoms in total. The summed E-state index contributed by atoms with van der Waals surface area (Å²) in [6, 6.07) is 4.25. The number of carbonyl (C=O) groups excluding carboxylic acids is 1. The van der Waals surface area contributed by atoms with Crippen LogP contribution in [0, 0.1) is 19.8 Å². The van der Waals surface area contributed by atoms with Crippen LogP contribution in [0.4, 0.5) is 0 Å². The SMILES string of the molecule is CCN(CC)C(=O)[C@H]1CCC[NH+](Cc2ccc(OC)c(C)c2C)C1. The van der Waals surface area contributed by atoms with Crippen LogP contribution < -0.4 is 9.64 Å². The van der Waals surface area contributed by atoms with E-state index in [4.69, 9.17) is 4.74 Å². The van der Waals surface area contributed by atoms with Gasteiger partial charge < -0.3 is 14.5 Å². The molecule has 1 heterocycles. The number of amides is 1. The number of carbonyl (C=O) groups is 1. The van der Waals surface area contributed by atoms with Crippen LogP contribution in [0.25, 0.3) is 0 Å². The molecule has 1 saturated heterocycles. The van der Waals surface area contributed by atoms with Crippen LogP contribution in [0.5, 0.6) is 5.75 Å². The van der Waals surface area contributed by atoms with E-state index in [2.05, 4.69) is 39.8 Å². The van der Waals surface area contributed by atoms with Crippen LogP contribution in [0.1, 0.15) is 43.4 Å². The Bertz CT molecular complexity index is 567. The number of ether oxygens (including phenoxy) is 1. The summed E-state index contributed by atoms with van der Waals surface area (Å²) in [6.07, 6.45) is 2.18. The smallest absolute Gasteiger partial charge is 0.231 e. The first-order chi connectivity index (χ1) is 11.5. The second-order valence-electron chi connectivity index (χ2n) is 6.91. The molecule has 1 aliphatic heterocycles. The molecule has 0 radical (unpaired) electrons. The van der Waals surface area contributed by atoms with Gasteiger partial charge in [0, 0.05) is 18.7 Å². The third kappa shape index (κ3) is 4.10. The van der Waals surface area contributed by atoms with Crippen LogP contribution >= 0.6 is 0 Å². The molecule has 1 aliphatic rings. The van der Waals surface area contributed by atoms with Gasteiger partial charge in [0.15, 0.2) is 0 Å². The highest BCUT2D eigenvalue weighted by molar-refractivity contribution is 5.78. The Morgan fingerprint density at radius 2 is 1.96 bits per heavy atom. The lowest BCUT2D eigenvalue weighted by Crippen LogP contribution is -3.12. The Kier molecular flexibility index (Phi) is 6.67. The van der Waals surface area contributed by atoms with Gasteiger partial charge >= 0.3 is 0 Å². The topological polar surface area (TPSA) is 34.0 Å². The zero-order valence-electron chi connectivity index (χ0n) is 15.9. The van der Waals surface area contributed by atoms with E-state index < -0.39 is 0 Å². The van der Waals surface area contributed by atoms with E-state index in [0.717, 1.165) is 51.3 Å². The second kappa shape index (κ2) is 8.52. The lowest BCUT2D eigenvalue weighted by Gasteiger charge is -2.32. The number of benzene rings is 1. The van der Waals surface area contributed by atoms with Gasteiger partial charge in [0.2, 0.25) is 5.91 Å². The Balaban J connectivity index is 2.06. The van der Waals surface area contributed by atoms with Gasteiger partial charge in [0.25, 0.3) is 0 Å². The molecule has 2 rings (SSSR count). The minimum atomic E-state index is 0.188. The average Bonchev–Trinajstić information content (AvgIpc) is 2.60. The van der Waals surface area contributed by atoms with Gasteiger partial charge in [-0.2, -0.15) is 0 Å². The first kappa shape index (κ1) is 18.8. The molecule has 1 N–H and O–H groups in total. The Morgan fingerprint density at radius 3 is 2.58 bits per heavy atom. The zero-order valence-corrected chi connectivity index (χ0v) is 15.9. The molecule has 0 aromatic heterocycles. The predicted octanol–water partition coefficient (Wildman–Crippen LogP) is 1.98. The first-order valence-electron chi connectivity index (χ1n) is 9.27. The van der Waals surface area contributed by atoms with E-state index in [9.17, 15) is 4.79 Å². The fourth-order valence-electron chi connectivity index (χ4n) is 3.85. The van der Waals surface area contributed by atoms with Gasteiger partial charge in [-0.3, -0.25) is 4.79 Å². The fourth-order valence-corrected chi connectivity index (χ4v) is 3.85. The molecule has 4 heteroatoms. The van der Waals surface area contributed by atoms with Crippen LogP contribution in [0.15, 0.2) is 12.1 Å². The fraction of sp³-hybridized carbons (Fsp3) is 0.650. The van der Waals surface area contributed by atoms with Gasteiger partial charge in [-0.1, -0.05) is 0 Å². The van der Waals surface area contributed by atoms with E-state index in [1.54, 1.807) is 7.11 Å². The summed E-state index contributed by atoms with van der Waals surface area (Å²) in [7, 11) is 1.72. The van der Waals surface area contributed by atoms with Gasteiger partial charge in [-0.05, 0) is 63.8 Å². The maximum Gasteiger partial charge on any atom is 0.231 e. The lowest BCUT2D eigenvalue weighted by molar-refractivity contribution is -0.921. The molecular weight excluding hydrogens is 300 g/mol. The van der Waals surface area contributed by atoms with E-state index in [0.29, 0.717) is 5.91 Å². The number of hydrogen-bond donors (Lipinski definition) is 1. The first-order valence-corrected chi connectivity index (χ1v) is 9.27. The molecule has 1 aromatic rings. The summed E-state index contributed by atoms with van der Waals surface area (Å²) < 4.78 is 5.41. The van der Waals surface area contributed by atoms with Crippen molar-refractivity contribution in [3.63, 3.8) is 0 Å². The third-order valence-electron chi connectivity index (χ3n) is 5.55. The van der Waals surface area contributed by atoms with E-state index in [1.165, 1.54) is 21.6 Å². The summed E-state index contributed by atoms with van der Waals surface area (Å²) in [5, 5.41) is 0. The van der Waals surface area contributed by atoms with Crippen LogP contribution in [0.2, 0.25) is 0 Å². The average molecular weight is 333 g/mol. The molecular formula is C20H33N2O2+. The molecule has 1 fully saturated rings. The summed E-state index contributed by atoms with van der Waals surface area (Å²) in [5.41, 5.74) is 3.92. The van der Waals surface area contributed by atoms with Gasteiger partial charge in [-0.15, -0.1) is 0 Å². The van der Waals surface area contributed by atoms with Crippen molar-refractivity contribution in [1.29, 1.82) is 0 Å². The van der Waals surface area contributed by atoms with Crippen molar-refractivity contribution in [3.05, 3.63) is 28.8 Å². The van der Waals surface area contributed by atoms with Crippen LogP contribution in [0.3, 0.4) is 0 Å². The maximum atomic E-state index is 12.7. The minimum Gasteiger partial charge on any atom is -0.496 e. The predicted molar refractivity (Wildman–Crippen MR) is 97.5 cm³/mol. The van der Waals surface area contributed by atoms with Crippen molar-refractivity contribution < 1.29 is 14.4 Å². The molecule has 0 saturated carbocycles. The van der Waals surface area contributed by atoms with Crippen molar-refractivity contribution in [2.24, 2.45) is 5.92 Å². The van der Waals surface area contributed by atoms with Crippen molar-refractivity contribution in [3.8, 4) is 5.75 Å². The van der Waals surface area contributed by atoms with Crippen molar-refractivity contribution in [2.45, 2.75) is 47.1 Å². The highest BCUT2D eigenvalue weighted by Crippen LogP contribution is 2.23. The largest absolute Gasteiger partial charge is 0.496 e. The quantitative estimate of drug-likeness (QED) is 0.864. The summed E-state index contributed by atoms with van der Waals surface area (Å²) in [5.74, 6) is 1.49. The number of methoxy groups -OCH3 is 1. The number of hydrogen-bond acceptors (Lipinski definition) is 2. The monoisotopic (exact) mass is 333 g/mol. The van der Waals surface area contributed by atoms with Gasteiger partial charge in [0.1, 0.15) is 12.3 Å². The number of rotatable bonds is 6. The van der Waals surface area contributed by atoms with Crippen molar-refractivity contribution >= 4 is 5.91 Å². The van der Waals surface area contributed by atoms with E-state index in [1.807, 2.05) is 4.90 Å². The second-order valence-corrected chi connectivity index (χ2v) is 6.91. The lowest BCUT2D eigenvalue weighted by atomic mass is 9.95. The Morgan fingerprint density at radius 1 is 1.25 bits per heavy atom. The van der Waals surface area contributed by atoms with Crippen molar-refractivity contribution in [1.82, 2.24) is 4.90 Å². The number of piperidine rings is 1. The summed E-state index contributed by atoms with van der Waals surface area (Å²) in [4.78, 5) is 16.2. The van der Waals surface area contributed by atoms with Crippen LogP contribution in [-0.4, -0.2) is 44.1 Å². The maximum absolute atomic E-state index is 12.7. The molecule has 24 heavy (non-hydrogen) atoms.